The largest absolute Gasteiger partial charge is 0.0654 e. The minimum Gasteiger partial charge on any atom is -0.0654 e. The maximum absolute atomic E-state index is 3.31. The summed E-state index contributed by atoms with van der Waals surface area (Å²) in [5, 5.41) is 0. The van der Waals surface area contributed by atoms with Gasteiger partial charge in [-0.25, -0.2) is 0 Å². The predicted octanol–water partition coefficient (Wildman–Crippen LogP) is 3.06. The summed E-state index contributed by atoms with van der Waals surface area (Å²) in [5.74, 6) is 0.904. The molecule has 0 heterocycles. The third-order valence-corrected chi connectivity index (χ3v) is 1.90. The van der Waals surface area contributed by atoms with Crippen LogP contribution >= 0.6 is 0 Å². The number of hydrogen-bond donors (Lipinski definition) is 0. The second-order valence-corrected chi connectivity index (χ2v) is 2.95. The topological polar surface area (TPSA) is 0 Å². The van der Waals surface area contributed by atoms with Crippen LogP contribution in [0.5, 0.6) is 0 Å². The van der Waals surface area contributed by atoms with Crippen LogP contribution < -0.4 is 0 Å². The molecule has 0 N–H and O–H groups in total. The van der Waals surface area contributed by atoms with Crippen molar-refractivity contribution in [2.45, 2.75) is 45.4 Å². The highest BCUT2D eigenvalue weighted by molar-refractivity contribution is 4.93. The van der Waals surface area contributed by atoms with Crippen molar-refractivity contribution in [3.8, 4) is 0 Å². The van der Waals surface area contributed by atoms with Gasteiger partial charge in [-0.05, 0) is 25.2 Å². The SMILES string of the molecule is CCCCCCC1[C]C1. The second kappa shape index (κ2) is 3.92. The fourth-order valence-electron chi connectivity index (χ4n) is 1.10. The van der Waals surface area contributed by atoms with E-state index in [0.717, 1.165) is 5.92 Å². The average Bonchev–Trinajstić information content (AvgIpc) is 2.63. The van der Waals surface area contributed by atoms with Crippen LogP contribution in [0, 0.1) is 12.3 Å². The minimum atomic E-state index is 0.904. The minimum absolute atomic E-state index is 0.904. The molecule has 1 atom stereocenters. The fraction of sp³-hybridized carbons (Fsp3) is 0.889. The molecule has 9 heavy (non-hydrogen) atoms. The van der Waals surface area contributed by atoms with Gasteiger partial charge in [0, 0.05) is 0 Å². The summed E-state index contributed by atoms with van der Waals surface area (Å²) in [6.07, 6.45) is 11.7. The summed E-state index contributed by atoms with van der Waals surface area (Å²) in [4.78, 5) is 0. The summed E-state index contributed by atoms with van der Waals surface area (Å²) in [6.45, 7) is 2.26. The Morgan fingerprint density at radius 2 is 2.11 bits per heavy atom. The number of rotatable bonds is 5. The first-order chi connectivity index (χ1) is 4.43. The van der Waals surface area contributed by atoms with Crippen LogP contribution in [0.4, 0.5) is 0 Å². The van der Waals surface area contributed by atoms with E-state index >= 15 is 0 Å². The van der Waals surface area contributed by atoms with Gasteiger partial charge in [-0.15, -0.1) is 0 Å². The molecule has 2 radical (unpaired) electrons. The third-order valence-electron chi connectivity index (χ3n) is 1.90. The van der Waals surface area contributed by atoms with E-state index < -0.39 is 0 Å². The third kappa shape index (κ3) is 3.56. The Balaban J connectivity index is 1.71. The van der Waals surface area contributed by atoms with Crippen molar-refractivity contribution in [2.24, 2.45) is 5.92 Å². The first-order valence-corrected chi connectivity index (χ1v) is 4.17. The van der Waals surface area contributed by atoms with Crippen molar-refractivity contribution in [1.29, 1.82) is 0 Å². The molecule has 0 bridgehead atoms. The van der Waals surface area contributed by atoms with Crippen molar-refractivity contribution in [3.05, 3.63) is 6.42 Å². The van der Waals surface area contributed by atoms with Crippen LogP contribution in [-0.4, -0.2) is 0 Å². The Labute approximate surface area is 58.7 Å². The fourth-order valence-corrected chi connectivity index (χ4v) is 1.10. The van der Waals surface area contributed by atoms with Crippen molar-refractivity contribution >= 4 is 0 Å². The number of hydrogen-bond acceptors (Lipinski definition) is 0. The summed E-state index contributed by atoms with van der Waals surface area (Å²) < 4.78 is 0. The van der Waals surface area contributed by atoms with Crippen LogP contribution in [0.25, 0.3) is 0 Å². The normalized spacial score (nSPS) is 18.3. The molecule has 0 spiro atoms. The molecule has 0 aliphatic heterocycles. The van der Waals surface area contributed by atoms with E-state index in [1.165, 1.54) is 38.5 Å². The van der Waals surface area contributed by atoms with Gasteiger partial charge in [-0.1, -0.05) is 32.6 Å². The van der Waals surface area contributed by atoms with Crippen LogP contribution in [0.1, 0.15) is 45.4 Å². The maximum atomic E-state index is 3.31. The summed E-state index contributed by atoms with van der Waals surface area (Å²) in [5.41, 5.74) is 0. The lowest BCUT2D eigenvalue weighted by molar-refractivity contribution is 0.605. The first kappa shape index (κ1) is 7.11. The van der Waals surface area contributed by atoms with Crippen molar-refractivity contribution in [2.75, 3.05) is 0 Å². The van der Waals surface area contributed by atoms with E-state index in [0.29, 0.717) is 0 Å². The van der Waals surface area contributed by atoms with E-state index in [-0.39, 0.29) is 0 Å². The lowest BCUT2D eigenvalue weighted by Crippen LogP contribution is -1.78. The van der Waals surface area contributed by atoms with Gasteiger partial charge in [0.2, 0.25) is 0 Å². The van der Waals surface area contributed by atoms with E-state index in [9.17, 15) is 0 Å². The maximum Gasteiger partial charge on any atom is -0.0136 e. The highest BCUT2D eigenvalue weighted by Crippen LogP contribution is 2.32. The lowest BCUT2D eigenvalue weighted by atomic mass is 10.1. The van der Waals surface area contributed by atoms with Crippen LogP contribution in [0.2, 0.25) is 0 Å². The van der Waals surface area contributed by atoms with Gasteiger partial charge in [0.1, 0.15) is 0 Å². The van der Waals surface area contributed by atoms with Gasteiger partial charge in [0.05, 0.1) is 0 Å². The monoisotopic (exact) mass is 124 g/mol. The molecule has 0 saturated heterocycles. The Bertz CT molecular complexity index is 62.4. The lowest BCUT2D eigenvalue weighted by Gasteiger charge is -1.95. The molecule has 0 heteroatoms. The molecule has 52 valence electrons. The zero-order chi connectivity index (χ0) is 6.53. The molecular weight excluding hydrogens is 108 g/mol. The number of unbranched alkanes of at least 4 members (excludes halogenated alkanes) is 3. The van der Waals surface area contributed by atoms with Gasteiger partial charge in [-0.2, -0.15) is 0 Å². The van der Waals surface area contributed by atoms with Crippen molar-refractivity contribution in [3.63, 3.8) is 0 Å². The van der Waals surface area contributed by atoms with Gasteiger partial charge in [-0.3, -0.25) is 0 Å². The molecule has 0 nitrogen and oxygen atoms in total. The van der Waals surface area contributed by atoms with Gasteiger partial charge < -0.3 is 0 Å². The molecule has 1 aliphatic rings. The van der Waals surface area contributed by atoms with Crippen molar-refractivity contribution < 1.29 is 0 Å². The molecule has 1 rings (SSSR count). The zero-order valence-corrected chi connectivity index (χ0v) is 6.32. The van der Waals surface area contributed by atoms with E-state index in [1.807, 2.05) is 0 Å². The van der Waals surface area contributed by atoms with Gasteiger partial charge in [0.25, 0.3) is 0 Å². The molecule has 0 aromatic carbocycles. The summed E-state index contributed by atoms with van der Waals surface area (Å²) >= 11 is 0. The standard InChI is InChI=1S/C9H16/c1-2-3-4-5-6-9-7-8-9/h9H,2-7H2,1H3. The van der Waals surface area contributed by atoms with Crippen molar-refractivity contribution in [1.82, 2.24) is 0 Å². The average molecular weight is 124 g/mol. The van der Waals surface area contributed by atoms with E-state index in [2.05, 4.69) is 13.3 Å². The Kier molecular flexibility index (Phi) is 3.10. The molecule has 0 aromatic rings. The Morgan fingerprint density at radius 3 is 2.67 bits per heavy atom. The molecule has 0 amide bonds. The molecule has 1 unspecified atom stereocenters. The molecule has 1 aliphatic carbocycles. The molecular formula is C9H16. The first-order valence-electron chi connectivity index (χ1n) is 4.17. The second-order valence-electron chi connectivity index (χ2n) is 2.95. The molecule has 0 aromatic heterocycles. The molecule has 1 fully saturated rings. The Morgan fingerprint density at radius 1 is 1.33 bits per heavy atom. The highest BCUT2D eigenvalue weighted by Gasteiger charge is 2.20. The predicted molar refractivity (Wildman–Crippen MR) is 40.1 cm³/mol. The van der Waals surface area contributed by atoms with E-state index in [4.69, 9.17) is 0 Å². The van der Waals surface area contributed by atoms with Crippen LogP contribution in [0.15, 0.2) is 0 Å². The summed E-state index contributed by atoms with van der Waals surface area (Å²) in [6, 6.07) is 0. The van der Waals surface area contributed by atoms with Crippen LogP contribution in [-0.2, 0) is 0 Å². The van der Waals surface area contributed by atoms with Gasteiger partial charge >= 0.3 is 0 Å². The highest BCUT2D eigenvalue weighted by atomic mass is 14.2. The van der Waals surface area contributed by atoms with E-state index in [1.54, 1.807) is 0 Å². The quantitative estimate of drug-likeness (QED) is 0.494. The Hall–Kier alpha value is 0. The molecule has 1 saturated carbocycles. The zero-order valence-electron chi connectivity index (χ0n) is 6.32. The van der Waals surface area contributed by atoms with Crippen LogP contribution in [0.3, 0.4) is 0 Å². The smallest absolute Gasteiger partial charge is 0.0136 e. The van der Waals surface area contributed by atoms with Gasteiger partial charge in [0.15, 0.2) is 0 Å². The summed E-state index contributed by atoms with van der Waals surface area (Å²) in [7, 11) is 0.